The summed E-state index contributed by atoms with van der Waals surface area (Å²) in [6.07, 6.45) is 0. The van der Waals surface area contributed by atoms with Crippen LogP contribution in [-0.4, -0.2) is 30.6 Å². The molecule has 0 aliphatic heterocycles. The molecule has 0 bridgehead atoms. The van der Waals surface area contributed by atoms with Crippen LogP contribution < -0.4 is 5.32 Å². The Balaban J connectivity index is 3.34. The van der Waals surface area contributed by atoms with Crippen LogP contribution in [0.25, 0.3) is 0 Å². The zero-order valence-electron chi connectivity index (χ0n) is 6.98. The maximum Gasteiger partial charge on any atom is 0.217 e. The molecular weight excluding hydrogens is 128 g/mol. The number of carbonyl (C=O) groups excluding carboxylic acids is 1. The van der Waals surface area contributed by atoms with Crippen LogP contribution in [0, 0.1) is 0 Å². The van der Waals surface area contributed by atoms with Gasteiger partial charge in [0.1, 0.15) is 0 Å². The fraction of sp³-hybridized carbons (Fsp3) is 0.857. The van der Waals surface area contributed by atoms with E-state index in [0.29, 0.717) is 6.67 Å². The lowest BCUT2D eigenvalue weighted by molar-refractivity contribution is -0.119. The van der Waals surface area contributed by atoms with E-state index in [2.05, 4.69) is 24.1 Å². The van der Waals surface area contributed by atoms with Crippen LogP contribution in [0.4, 0.5) is 0 Å². The molecule has 0 heterocycles. The summed E-state index contributed by atoms with van der Waals surface area (Å²) in [5.74, 6) is 0.0342. The molecule has 0 atom stereocenters. The Hall–Kier alpha value is -0.570. The summed E-state index contributed by atoms with van der Waals surface area (Å²) < 4.78 is 0. The van der Waals surface area contributed by atoms with Crippen LogP contribution in [0.15, 0.2) is 0 Å². The minimum Gasteiger partial charge on any atom is -0.344 e. The van der Waals surface area contributed by atoms with Crippen molar-refractivity contribution in [3.05, 3.63) is 0 Å². The standard InChI is InChI=1S/C7H16N2O/c1-4-9(5-2)6-8-7(3)10/h4-6H2,1-3H3,(H,8,10). The topological polar surface area (TPSA) is 32.3 Å². The molecule has 0 aromatic rings. The van der Waals surface area contributed by atoms with Gasteiger partial charge in [0.05, 0.1) is 6.67 Å². The van der Waals surface area contributed by atoms with Crippen molar-refractivity contribution in [3.63, 3.8) is 0 Å². The van der Waals surface area contributed by atoms with Gasteiger partial charge >= 0.3 is 0 Å². The minimum absolute atomic E-state index is 0.0342. The summed E-state index contributed by atoms with van der Waals surface area (Å²) in [5, 5.41) is 2.73. The lowest BCUT2D eigenvalue weighted by atomic mass is 10.5. The molecule has 3 nitrogen and oxygen atoms in total. The van der Waals surface area contributed by atoms with E-state index in [-0.39, 0.29) is 5.91 Å². The van der Waals surface area contributed by atoms with Crippen molar-refractivity contribution in [2.45, 2.75) is 20.8 Å². The van der Waals surface area contributed by atoms with Gasteiger partial charge in [0, 0.05) is 6.92 Å². The van der Waals surface area contributed by atoms with E-state index in [1.165, 1.54) is 6.92 Å². The fourth-order valence-electron chi connectivity index (χ4n) is 0.670. The number of rotatable bonds is 4. The highest BCUT2D eigenvalue weighted by Crippen LogP contribution is 1.81. The Morgan fingerprint density at radius 1 is 1.40 bits per heavy atom. The van der Waals surface area contributed by atoms with Gasteiger partial charge in [-0.1, -0.05) is 13.8 Å². The lowest BCUT2D eigenvalue weighted by Gasteiger charge is -2.17. The van der Waals surface area contributed by atoms with Crippen LogP contribution in [-0.2, 0) is 4.79 Å². The van der Waals surface area contributed by atoms with E-state index in [4.69, 9.17) is 0 Å². The van der Waals surface area contributed by atoms with Crippen molar-refractivity contribution in [2.24, 2.45) is 0 Å². The van der Waals surface area contributed by atoms with Gasteiger partial charge in [0.2, 0.25) is 5.91 Å². The Labute approximate surface area is 62.4 Å². The van der Waals surface area contributed by atoms with Crippen molar-refractivity contribution < 1.29 is 4.79 Å². The van der Waals surface area contributed by atoms with E-state index >= 15 is 0 Å². The van der Waals surface area contributed by atoms with Gasteiger partial charge < -0.3 is 5.32 Å². The molecule has 1 N–H and O–H groups in total. The molecular formula is C7H16N2O. The normalized spacial score (nSPS) is 10.0. The number of hydrogen-bond acceptors (Lipinski definition) is 2. The van der Waals surface area contributed by atoms with Crippen LogP contribution >= 0.6 is 0 Å². The van der Waals surface area contributed by atoms with E-state index in [1.807, 2.05) is 0 Å². The monoisotopic (exact) mass is 144 g/mol. The average Bonchev–Trinajstić information content (AvgIpc) is 1.90. The number of hydrogen-bond donors (Lipinski definition) is 1. The van der Waals surface area contributed by atoms with Gasteiger partial charge in [-0.15, -0.1) is 0 Å². The number of nitrogens with zero attached hydrogens (tertiary/aromatic N) is 1. The van der Waals surface area contributed by atoms with Gasteiger partial charge in [-0.3, -0.25) is 9.69 Å². The van der Waals surface area contributed by atoms with Crippen molar-refractivity contribution in [3.8, 4) is 0 Å². The molecule has 0 saturated carbocycles. The molecule has 0 fully saturated rings. The first kappa shape index (κ1) is 9.43. The lowest BCUT2D eigenvalue weighted by Crippen LogP contribution is -2.36. The van der Waals surface area contributed by atoms with Crippen LogP contribution in [0.2, 0.25) is 0 Å². The predicted octanol–water partition coefficient (Wildman–Crippen LogP) is 0.422. The second kappa shape index (κ2) is 5.23. The molecule has 60 valence electrons. The number of amides is 1. The third-order valence-electron chi connectivity index (χ3n) is 1.45. The molecule has 0 radical (unpaired) electrons. The van der Waals surface area contributed by atoms with Crippen LogP contribution in [0.1, 0.15) is 20.8 Å². The van der Waals surface area contributed by atoms with Gasteiger partial charge in [-0.25, -0.2) is 0 Å². The smallest absolute Gasteiger partial charge is 0.217 e. The summed E-state index contributed by atoms with van der Waals surface area (Å²) >= 11 is 0. The molecule has 0 spiro atoms. The van der Waals surface area contributed by atoms with Gasteiger partial charge in [-0.2, -0.15) is 0 Å². The molecule has 0 saturated heterocycles. The highest BCUT2D eigenvalue weighted by atomic mass is 16.1. The molecule has 0 aliphatic carbocycles. The zero-order valence-corrected chi connectivity index (χ0v) is 6.98. The Morgan fingerprint density at radius 2 is 1.90 bits per heavy atom. The number of nitrogens with one attached hydrogen (secondary N) is 1. The first-order valence-electron chi connectivity index (χ1n) is 3.67. The highest BCUT2D eigenvalue weighted by molar-refractivity contribution is 5.72. The Morgan fingerprint density at radius 3 is 2.20 bits per heavy atom. The molecule has 0 aliphatic rings. The van der Waals surface area contributed by atoms with Gasteiger partial charge in [0.25, 0.3) is 0 Å². The fourth-order valence-corrected chi connectivity index (χ4v) is 0.670. The summed E-state index contributed by atoms with van der Waals surface area (Å²) in [6.45, 7) is 8.32. The van der Waals surface area contributed by atoms with Crippen LogP contribution in [0.5, 0.6) is 0 Å². The highest BCUT2D eigenvalue weighted by Gasteiger charge is 1.97. The average molecular weight is 144 g/mol. The second-order valence-electron chi connectivity index (χ2n) is 2.19. The van der Waals surface area contributed by atoms with E-state index < -0.39 is 0 Å². The van der Waals surface area contributed by atoms with Crippen molar-refractivity contribution in [1.29, 1.82) is 0 Å². The van der Waals surface area contributed by atoms with E-state index in [9.17, 15) is 4.79 Å². The molecule has 0 unspecified atom stereocenters. The van der Waals surface area contributed by atoms with Crippen molar-refractivity contribution >= 4 is 5.91 Å². The van der Waals surface area contributed by atoms with E-state index in [1.54, 1.807) is 0 Å². The summed E-state index contributed by atoms with van der Waals surface area (Å²) in [6, 6.07) is 0. The van der Waals surface area contributed by atoms with Gasteiger partial charge in [-0.05, 0) is 13.1 Å². The third kappa shape index (κ3) is 4.32. The van der Waals surface area contributed by atoms with Crippen molar-refractivity contribution in [1.82, 2.24) is 10.2 Å². The van der Waals surface area contributed by atoms with E-state index in [0.717, 1.165) is 13.1 Å². The number of carbonyl (C=O) groups is 1. The maximum atomic E-state index is 10.4. The Bertz CT molecular complexity index is 99.8. The SMILES string of the molecule is CCN(CC)CNC(C)=O. The second-order valence-corrected chi connectivity index (χ2v) is 2.19. The first-order chi connectivity index (χ1) is 4.70. The van der Waals surface area contributed by atoms with Gasteiger partial charge in [0.15, 0.2) is 0 Å². The first-order valence-corrected chi connectivity index (χ1v) is 3.67. The largest absolute Gasteiger partial charge is 0.344 e. The zero-order chi connectivity index (χ0) is 7.98. The molecule has 0 aromatic heterocycles. The Kier molecular flexibility index (Phi) is 4.94. The van der Waals surface area contributed by atoms with Crippen molar-refractivity contribution in [2.75, 3.05) is 19.8 Å². The maximum absolute atomic E-state index is 10.4. The summed E-state index contributed by atoms with van der Waals surface area (Å²) in [5.41, 5.74) is 0. The molecule has 10 heavy (non-hydrogen) atoms. The predicted molar refractivity (Wildman–Crippen MR) is 41.6 cm³/mol. The molecule has 3 heteroatoms. The quantitative estimate of drug-likeness (QED) is 0.580. The summed E-state index contributed by atoms with van der Waals surface area (Å²) in [7, 11) is 0. The molecule has 0 aromatic carbocycles. The summed E-state index contributed by atoms with van der Waals surface area (Å²) in [4.78, 5) is 12.6. The molecule has 0 rings (SSSR count). The minimum atomic E-state index is 0.0342. The molecule has 1 amide bonds. The van der Waals surface area contributed by atoms with Crippen LogP contribution in [0.3, 0.4) is 0 Å². The third-order valence-corrected chi connectivity index (χ3v) is 1.45.